The van der Waals surface area contributed by atoms with E-state index in [-0.39, 0.29) is 28.7 Å². The van der Waals surface area contributed by atoms with Crippen molar-refractivity contribution in [1.82, 2.24) is 9.55 Å². The number of aryl methyl sites for hydroxylation is 2. The van der Waals surface area contributed by atoms with Gasteiger partial charge in [-0.3, -0.25) is 19.0 Å². The monoisotopic (exact) mass is 598 g/mol. The van der Waals surface area contributed by atoms with Crippen molar-refractivity contribution in [2.24, 2.45) is 5.41 Å². The summed E-state index contributed by atoms with van der Waals surface area (Å²) < 4.78 is 11.2. The Morgan fingerprint density at radius 1 is 1.05 bits per heavy atom. The molecule has 0 spiro atoms. The van der Waals surface area contributed by atoms with Gasteiger partial charge in [-0.2, -0.15) is 0 Å². The van der Waals surface area contributed by atoms with Crippen LogP contribution in [0.25, 0.3) is 0 Å². The molecule has 2 amide bonds. The largest absolute Gasteiger partial charge is 0.493 e. The summed E-state index contributed by atoms with van der Waals surface area (Å²) in [5, 5.41) is 5.44. The quantitative estimate of drug-likeness (QED) is 0.163. The van der Waals surface area contributed by atoms with Crippen LogP contribution in [-0.2, 0) is 19.1 Å². The van der Waals surface area contributed by atoms with Crippen LogP contribution in [0.15, 0.2) is 47.4 Å². The molecular formula is C30H35ClN4O7. The van der Waals surface area contributed by atoms with E-state index >= 15 is 0 Å². The molecular weight excluding hydrogens is 564 g/mol. The number of ether oxygens (including phenoxy) is 2. The van der Waals surface area contributed by atoms with Gasteiger partial charge in [-0.05, 0) is 50.1 Å². The second-order valence-electron chi connectivity index (χ2n) is 10.8. The predicted molar refractivity (Wildman–Crippen MR) is 159 cm³/mol. The molecule has 0 saturated heterocycles. The molecule has 0 aliphatic heterocycles. The molecule has 42 heavy (non-hydrogen) atoms. The van der Waals surface area contributed by atoms with Crippen molar-refractivity contribution >= 4 is 46.5 Å². The van der Waals surface area contributed by atoms with Crippen LogP contribution in [-0.4, -0.2) is 46.8 Å². The highest BCUT2D eigenvalue weighted by Gasteiger charge is 2.39. The molecule has 224 valence electrons. The number of rotatable bonds is 11. The van der Waals surface area contributed by atoms with E-state index in [1.54, 1.807) is 26.8 Å². The van der Waals surface area contributed by atoms with E-state index in [1.807, 2.05) is 32.0 Å². The van der Waals surface area contributed by atoms with E-state index in [0.717, 1.165) is 34.8 Å². The number of hydrogen-bond donors (Lipinski definition) is 3. The van der Waals surface area contributed by atoms with E-state index in [1.165, 1.54) is 12.1 Å². The fraction of sp³-hybridized carbons (Fsp3) is 0.367. The topological polar surface area (TPSA) is 149 Å². The van der Waals surface area contributed by atoms with Gasteiger partial charge in [0.1, 0.15) is 11.4 Å². The van der Waals surface area contributed by atoms with Crippen molar-refractivity contribution in [3.63, 3.8) is 0 Å². The van der Waals surface area contributed by atoms with Gasteiger partial charge >= 0.3 is 11.7 Å². The second-order valence-corrected chi connectivity index (χ2v) is 11.2. The van der Waals surface area contributed by atoms with Crippen molar-refractivity contribution in [3.8, 4) is 5.75 Å². The number of imidazole rings is 1. The van der Waals surface area contributed by atoms with Crippen LogP contribution in [0.3, 0.4) is 0 Å². The van der Waals surface area contributed by atoms with Crippen molar-refractivity contribution in [2.45, 2.75) is 53.5 Å². The summed E-state index contributed by atoms with van der Waals surface area (Å²) in [5.41, 5.74) is 0.391. The van der Waals surface area contributed by atoms with Gasteiger partial charge in [0.25, 0.3) is 5.91 Å². The number of aromatic amines is 1. The number of Topliss-reactive ketones (excluding diaryl/α,β-unsaturated/α-hetero) is 1. The number of amides is 2. The van der Waals surface area contributed by atoms with E-state index in [2.05, 4.69) is 15.6 Å². The summed E-state index contributed by atoms with van der Waals surface area (Å²) in [6.07, 6.45) is 1.73. The van der Waals surface area contributed by atoms with Gasteiger partial charge in [0.05, 0.1) is 24.4 Å². The Hall–Kier alpha value is -4.38. The number of nitrogens with zero attached hydrogens (tertiary/aromatic N) is 1. The number of hydrogen-bond acceptors (Lipinski definition) is 7. The van der Waals surface area contributed by atoms with Crippen LogP contribution >= 0.6 is 11.6 Å². The molecule has 2 aromatic carbocycles. The highest BCUT2D eigenvalue weighted by molar-refractivity contribution is 6.34. The Kier molecular flexibility index (Phi) is 10.3. The van der Waals surface area contributed by atoms with Crippen LogP contribution in [0.5, 0.6) is 5.75 Å². The normalized spacial score (nSPS) is 11.9. The number of benzene rings is 2. The summed E-state index contributed by atoms with van der Waals surface area (Å²) >= 11 is 6.32. The first-order valence-corrected chi connectivity index (χ1v) is 13.6. The summed E-state index contributed by atoms with van der Waals surface area (Å²) in [6.45, 7) is 9.07. The number of carbonyl (C=O) groups excluding carboxylic acids is 4. The maximum atomic E-state index is 13.5. The zero-order valence-electron chi connectivity index (χ0n) is 24.4. The minimum absolute atomic E-state index is 0.0903. The van der Waals surface area contributed by atoms with Crippen molar-refractivity contribution < 1.29 is 28.7 Å². The van der Waals surface area contributed by atoms with Crippen LogP contribution < -0.4 is 21.1 Å². The number of ketones is 1. The zero-order chi connectivity index (χ0) is 31.2. The van der Waals surface area contributed by atoms with E-state index < -0.39 is 34.8 Å². The third kappa shape index (κ3) is 7.88. The lowest BCUT2D eigenvalue weighted by molar-refractivity contribution is -0.135. The summed E-state index contributed by atoms with van der Waals surface area (Å²) in [6, 6.07) is 8.63. The molecule has 0 bridgehead atoms. The van der Waals surface area contributed by atoms with Gasteiger partial charge in [-0.25, -0.2) is 9.59 Å². The molecule has 3 N–H and O–H groups in total. The first kappa shape index (κ1) is 32.1. The summed E-state index contributed by atoms with van der Waals surface area (Å²) in [4.78, 5) is 66.7. The minimum Gasteiger partial charge on any atom is -0.493 e. The van der Waals surface area contributed by atoms with Gasteiger partial charge < -0.3 is 25.1 Å². The number of H-pyrrole nitrogens is 1. The summed E-state index contributed by atoms with van der Waals surface area (Å²) in [7, 11) is 1.11. The fourth-order valence-electron chi connectivity index (χ4n) is 4.16. The zero-order valence-corrected chi connectivity index (χ0v) is 25.2. The first-order valence-electron chi connectivity index (χ1n) is 13.3. The van der Waals surface area contributed by atoms with Crippen LogP contribution in [0.1, 0.15) is 61.3 Å². The first-order chi connectivity index (χ1) is 19.7. The molecule has 1 atom stereocenters. The lowest BCUT2D eigenvalue weighted by atomic mass is 9.86. The number of halogens is 1. The number of esters is 1. The molecule has 3 rings (SSSR count). The molecule has 3 aromatic rings. The highest BCUT2D eigenvalue weighted by Crippen LogP contribution is 2.29. The molecule has 12 heteroatoms. The molecule has 1 unspecified atom stereocenters. The number of nitrogens with one attached hydrogen (secondary N) is 3. The average Bonchev–Trinajstić information content (AvgIpc) is 3.29. The molecule has 0 aliphatic carbocycles. The number of carbonyl (C=O) groups is 4. The molecule has 11 nitrogen and oxygen atoms in total. The van der Waals surface area contributed by atoms with Gasteiger partial charge in [0.15, 0.2) is 11.8 Å². The van der Waals surface area contributed by atoms with E-state index in [4.69, 9.17) is 21.1 Å². The highest BCUT2D eigenvalue weighted by atomic mass is 35.5. The van der Waals surface area contributed by atoms with Gasteiger partial charge in [-0.1, -0.05) is 50.1 Å². The predicted octanol–water partition coefficient (Wildman–Crippen LogP) is 4.83. The third-order valence-corrected chi connectivity index (χ3v) is 6.67. The standard InChI is InChI=1S/C30H35ClN4O7/c1-17-9-12-23(18(2)14-17)42-13-7-8-24(36)33-19-10-11-20(31)21(15-19)34-27(38)25(26(37)30(3,4)5)35-22(28(39)41-6)16-32-29(35)40/h9-12,14-16,25H,7-8,13H2,1-6H3,(H,32,40)(H,33,36)(H,34,38). The number of aromatic nitrogens is 2. The molecule has 1 aromatic heterocycles. The average molecular weight is 599 g/mol. The molecule has 0 saturated carbocycles. The Bertz CT molecular complexity index is 1550. The Labute approximate surface area is 248 Å². The lowest BCUT2D eigenvalue weighted by Gasteiger charge is -2.25. The smallest absolute Gasteiger partial charge is 0.356 e. The van der Waals surface area contributed by atoms with Crippen LogP contribution in [0.4, 0.5) is 11.4 Å². The SMILES string of the molecule is COC(=O)c1c[nH]c(=O)n1C(C(=O)Nc1cc(NC(=O)CCCOc2ccc(C)cc2C)ccc1Cl)C(=O)C(C)(C)C. The van der Waals surface area contributed by atoms with Crippen molar-refractivity contribution in [2.75, 3.05) is 24.4 Å². The van der Waals surface area contributed by atoms with Crippen LogP contribution in [0.2, 0.25) is 5.02 Å². The van der Waals surface area contributed by atoms with Gasteiger partial charge in [0.2, 0.25) is 5.91 Å². The maximum Gasteiger partial charge on any atom is 0.356 e. The Morgan fingerprint density at radius 2 is 1.76 bits per heavy atom. The molecule has 0 radical (unpaired) electrons. The minimum atomic E-state index is -1.72. The molecule has 0 fully saturated rings. The maximum absolute atomic E-state index is 13.5. The third-order valence-electron chi connectivity index (χ3n) is 6.34. The van der Waals surface area contributed by atoms with E-state index in [9.17, 15) is 24.0 Å². The van der Waals surface area contributed by atoms with E-state index in [0.29, 0.717) is 18.7 Å². The second kappa shape index (κ2) is 13.5. The molecule has 1 heterocycles. The van der Waals surface area contributed by atoms with Gasteiger partial charge in [-0.15, -0.1) is 0 Å². The van der Waals surface area contributed by atoms with Crippen molar-refractivity contribution in [1.29, 1.82) is 0 Å². The van der Waals surface area contributed by atoms with Crippen LogP contribution in [0, 0.1) is 19.3 Å². The lowest BCUT2D eigenvalue weighted by Crippen LogP contribution is -2.43. The van der Waals surface area contributed by atoms with Gasteiger partial charge in [0, 0.05) is 23.7 Å². The summed E-state index contributed by atoms with van der Waals surface area (Å²) in [5.74, 6) is -1.95. The Morgan fingerprint density at radius 3 is 2.40 bits per heavy atom. The number of methoxy groups -OCH3 is 1. The number of anilines is 2. The van der Waals surface area contributed by atoms with Crippen molar-refractivity contribution in [3.05, 3.63) is 74.9 Å². The Balaban J connectivity index is 1.73. The fourth-order valence-corrected chi connectivity index (χ4v) is 4.32. The molecule has 0 aliphatic rings.